The molecule has 7 nitrogen and oxygen atoms in total. The lowest BCUT2D eigenvalue weighted by atomic mass is 10.2. The Kier molecular flexibility index (Phi) is 4.42. The third-order valence-electron chi connectivity index (χ3n) is 2.94. The van der Waals surface area contributed by atoms with Crippen LogP contribution in [0.2, 0.25) is 0 Å². The molecule has 1 aromatic heterocycles. The Morgan fingerprint density at radius 1 is 1.38 bits per heavy atom. The summed E-state index contributed by atoms with van der Waals surface area (Å²) in [4.78, 5) is 32.0. The van der Waals surface area contributed by atoms with Crippen molar-refractivity contribution < 1.29 is 19.1 Å². The number of aromatic nitrogens is 2. The summed E-state index contributed by atoms with van der Waals surface area (Å²) in [5.74, 6) is -0.208. The number of H-pyrrole nitrogens is 1. The van der Waals surface area contributed by atoms with Crippen LogP contribution in [0.4, 0.5) is 5.95 Å². The van der Waals surface area contributed by atoms with Crippen LogP contribution in [-0.2, 0) is 14.3 Å². The fourth-order valence-corrected chi connectivity index (χ4v) is 1.85. The number of ether oxygens (including phenoxy) is 2. The smallest absolute Gasteiger partial charge is 0.338 e. The molecule has 1 N–H and O–H groups in total. The van der Waals surface area contributed by atoms with E-state index >= 15 is 0 Å². The number of hydrogen-bond donors (Lipinski definition) is 1. The zero-order valence-corrected chi connectivity index (χ0v) is 12.2. The third-order valence-corrected chi connectivity index (χ3v) is 2.94. The van der Waals surface area contributed by atoms with Crippen LogP contribution in [-0.4, -0.2) is 49.2 Å². The number of nitrogens with one attached hydrogen (secondary N) is 1. The number of fused-ring (bicyclic) bond motifs is 1. The van der Waals surface area contributed by atoms with Crippen LogP contribution in [0.5, 0.6) is 0 Å². The van der Waals surface area contributed by atoms with Crippen molar-refractivity contribution >= 4 is 28.9 Å². The molecule has 0 unspecified atom stereocenters. The maximum Gasteiger partial charge on any atom is 0.338 e. The number of carbonyl (C=O) groups excluding carboxylic acids is 2. The van der Waals surface area contributed by atoms with E-state index in [2.05, 4.69) is 14.7 Å². The van der Waals surface area contributed by atoms with Crippen molar-refractivity contribution in [3.8, 4) is 0 Å². The molecular formula is C14H17N3O4. The van der Waals surface area contributed by atoms with E-state index in [9.17, 15) is 9.59 Å². The van der Waals surface area contributed by atoms with Gasteiger partial charge in [0.25, 0.3) is 0 Å². The molecule has 2 aromatic rings. The molecule has 0 aliphatic heterocycles. The zero-order chi connectivity index (χ0) is 15.4. The molecule has 1 aromatic carbocycles. The average molecular weight is 291 g/mol. The van der Waals surface area contributed by atoms with Crippen LogP contribution in [0.15, 0.2) is 18.2 Å². The second kappa shape index (κ2) is 6.25. The van der Waals surface area contributed by atoms with Gasteiger partial charge in [-0.25, -0.2) is 9.78 Å². The fraction of sp³-hybridized carbons (Fsp3) is 0.357. The van der Waals surface area contributed by atoms with Gasteiger partial charge in [0.15, 0.2) is 0 Å². The quantitative estimate of drug-likeness (QED) is 0.837. The summed E-state index contributed by atoms with van der Waals surface area (Å²) < 4.78 is 9.56. The molecule has 0 aliphatic carbocycles. The number of esters is 2. The molecular weight excluding hydrogens is 274 g/mol. The molecule has 0 spiro atoms. The van der Waals surface area contributed by atoms with Crippen LogP contribution in [0.25, 0.3) is 11.0 Å². The fourth-order valence-electron chi connectivity index (χ4n) is 1.85. The highest BCUT2D eigenvalue weighted by molar-refractivity contribution is 5.94. The first-order valence-corrected chi connectivity index (χ1v) is 6.50. The molecule has 2 rings (SSSR count). The number of hydrogen-bond acceptors (Lipinski definition) is 6. The molecule has 0 fully saturated rings. The van der Waals surface area contributed by atoms with E-state index in [1.165, 1.54) is 7.11 Å². The van der Waals surface area contributed by atoms with Crippen molar-refractivity contribution in [1.29, 1.82) is 0 Å². The van der Waals surface area contributed by atoms with E-state index < -0.39 is 0 Å². The minimum absolute atomic E-state index is 0.0844. The van der Waals surface area contributed by atoms with Gasteiger partial charge >= 0.3 is 11.9 Å². The predicted octanol–water partition coefficient (Wildman–Crippen LogP) is 1.35. The minimum Gasteiger partial charge on any atom is -0.468 e. The second-order valence-corrected chi connectivity index (χ2v) is 4.45. The maximum absolute atomic E-state index is 11.7. The number of carbonyl (C=O) groups is 2. The van der Waals surface area contributed by atoms with Gasteiger partial charge in [0.05, 0.1) is 30.3 Å². The average Bonchev–Trinajstić information content (AvgIpc) is 2.90. The molecule has 1 heterocycles. The highest BCUT2D eigenvalue weighted by Crippen LogP contribution is 2.18. The van der Waals surface area contributed by atoms with Crippen LogP contribution >= 0.6 is 0 Å². The van der Waals surface area contributed by atoms with Crippen molar-refractivity contribution in [3.63, 3.8) is 0 Å². The van der Waals surface area contributed by atoms with Crippen molar-refractivity contribution in [2.24, 2.45) is 0 Å². The highest BCUT2D eigenvalue weighted by Gasteiger charge is 2.13. The molecule has 0 saturated carbocycles. The van der Waals surface area contributed by atoms with Gasteiger partial charge in [0.2, 0.25) is 5.95 Å². The Balaban J connectivity index is 2.25. The standard InChI is InChI=1S/C14H17N3O4/c1-4-21-13(19)9-5-6-10-11(7-9)16-14(15-10)17(2)8-12(18)20-3/h5-7H,4,8H2,1-3H3,(H,15,16). The van der Waals surface area contributed by atoms with E-state index in [4.69, 9.17) is 4.74 Å². The monoisotopic (exact) mass is 291 g/mol. The van der Waals surface area contributed by atoms with Gasteiger partial charge < -0.3 is 19.4 Å². The second-order valence-electron chi connectivity index (χ2n) is 4.45. The highest BCUT2D eigenvalue weighted by atomic mass is 16.5. The van der Waals surface area contributed by atoms with E-state index in [-0.39, 0.29) is 18.5 Å². The molecule has 0 bridgehead atoms. The van der Waals surface area contributed by atoms with Crippen LogP contribution in [0.3, 0.4) is 0 Å². The molecule has 0 aliphatic rings. The Labute approximate surface area is 121 Å². The Bertz CT molecular complexity index is 665. The lowest BCUT2D eigenvalue weighted by Gasteiger charge is -2.13. The SMILES string of the molecule is CCOC(=O)c1ccc2nc(N(C)CC(=O)OC)[nH]c2c1. The topological polar surface area (TPSA) is 84.5 Å². The summed E-state index contributed by atoms with van der Waals surface area (Å²) >= 11 is 0. The normalized spacial score (nSPS) is 10.4. The van der Waals surface area contributed by atoms with Crippen LogP contribution in [0.1, 0.15) is 17.3 Å². The van der Waals surface area contributed by atoms with Gasteiger partial charge in [-0.05, 0) is 25.1 Å². The number of rotatable bonds is 5. The van der Waals surface area contributed by atoms with E-state index in [0.29, 0.717) is 29.2 Å². The number of nitrogens with zero attached hydrogens (tertiary/aromatic N) is 2. The van der Waals surface area contributed by atoms with Gasteiger partial charge in [0, 0.05) is 7.05 Å². The number of imidazole rings is 1. The van der Waals surface area contributed by atoms with Gasteiger partial charge in [-0.2, -0.15) is 0 Å². The number of benzene rings is 1. The summed E-state index contributed by atoms with van der Waals surface area (Å²) in [6, 6.07) is 5.06. The maximum atomic E-state index is 11.7. The minimum atomic E-state index is -0.376. The van der Waals surface area contributed by atoms with Gasteiger partial charge in [-0.15, -0.1) is 0 Å². The van der Waals surface area contributed by atoms with E-state index in [1.54, 1.807) is 37.1 Å². The van der Waals surface area contributed by atoms with Gasteiger partial charge in [0.1, 0.15) is 6.54 Å². The van der Waals surface area contributed by atoms with Crippen molar-refractivity contribution in [1.82, 2.24) is 9.97 Å². The summed E-state index contributed by atoms with van der Waals surface area (Å²) in [5.41, 5.74) is 1.86. The predicted molar refractivity (Wildman–Crippen MR) is 77.3 cm³/mol. The first-order valence-electron chi connectivity index (χ1n) is 6.50. The Hall–Kier alpha value is -2.57. The number of likely N-dealkylation sites (N-methyl/N-ethyl adjacent to an activating group) is 1. The number of anilines is 1. The molecule has 0 saturated heterocycles. The molecule has 0 atom stereocenters. The third kappa shape index (κ3) is 3.31. The van der Waals surface area contributed by atoms with Crippen molar-refractivity contribution in [3.05, 3.63) is 23.8 Å². The lowest BCUT2D eigenvalue weighted by molar-refractivity contribution is -0.138. The Morgan fingerprint density at radius 2 is 2.14 bits per heavy atom. The van der Waals surface area contributed by atoms with Crippen LogP contribution in [0, 0.1) is 0 Å². The summed E-state index contributed by atoms with van der Waals surface area (Å²) in [5, 5.41) is 0. The van der Waals surface area contributed by atoms with Gasteiger partial charge in [-0.1, -0.05) is 0 Å². The summed E-state index contributed by atoms with van der Waals surface area (Å²) in [6.45, 7) is 2.17. The molecule has 21 heavy (non-hydrogen) atoms. The first kappa shape index (κ1) is 14.8. The van der Waals surface area contributed by atoms with Crippen molar-refractivity contribution in [2.45, 2.75) is 6.92 Å². The lowest BCUT2D eigenvalue weighted by Crippen LogP contribution is -2.27. The van der Waals surface area contributed by atoms with Gasteiger partial charge in [-0.3, -0.25) is 4.79 Å². The van der Waals surface area contributed by atoms with E-state index in [0.717, 1.165) is 0 Å². The molecule has 112 valence electrons. The largest absolute Gasteiger partial charge is 0.468 e. The van der Waals surface area contributed by atoms with Crippen LogP contribution < -0.4 is 4.90 Å². The summed E-state index contributed by atoms with van der Waals surface area (Å²) in [6.07, 6.45) is 0. The van der Waals surface area contributed by atoms with E-state index in [1.807, 2.05) is 0 Å². The van der Waals surface area contributed by atoms with Crippen molar-refractivity contribution in [2.75, 3.05) is 32.2 Å². The molecule has 7 heteroatoms. The number of methoxy groups -OCH3 is 1. The molecule has 0 amide bonds. The first-order chi connectivity index (χ1) is 10.0. The Morgan fingerprint density at radius 3 is 2.81 bits per heavy atom. The summed E-state index contributed by atoms with van der Waals surface area (Å²) in [7, 11) is 3.06. The molecule has 0 radical (unpaired) electrons. The zero-order valence-electron chi connectivity index (χ0n) is 12.2. The number of aromatic amines is 1.